The Morgan fingerprint density at radius 1 is 1.36 bits per heavy atom. The molecule has 0 bridgehead atoms. The van der Waals surface area contributed by atoms with Crippen molar-refractivity contribution in [2.24, 2.45) is 0 Å². The van der Waals surface area contributed by atoms with Gasteiger partial charge in [-0.15, -0.1) is 13.2 Å². The Kier molecular flexibility index (Phi) is 2.80. The second kappa shape index (κ2) is 3.88. The van der Waals surface area contributed by atoms with Crippen LogP contribution in [0.4, 0.5) is 0 Å². The van der Waals surface area contributed by atoms with E-state index in [4.69, 9.17) is 0 Å². The van der Waals surface area contributed by atoms with Crippen LogP contribution in [0.25, 0.3) is 0 Å². The molecule has 0 spiro atoms. The molecule has 0 saturated heterocycles. The Hall–Kier alpha value is -1.15. The second-order valence-corrected chi connectivity index (χ2v) is 4.41. The maximum absolute atomic E-state index is 4.03. The number of nitrogens with zero attached hydrogens (tertiary/aromatic N) is 1. The maximum Gasteiger partial charge on any atom is 0.140 e. The van der Waals surface area contributed by atoms with Gasteiger partial charge in [-0.25, -0.2) is 0 Å². The molecular weight excluding hydrogens is 150 g/mol. The topological polar surface area (TPSA) is 12.9 Å². The van der Waals surface area contributed by atoms with Gasteiger partial charge in [-0.3, -0.25) is 4.98 Å². The van der Waals surface area contributed by atoms with E-state index in [0.717, 1.165) is 0 Å². The van der Waals surface area contributed by atoms with Gasteiger partial charge in [-0.05, 0) is 11.3 Å². The third-order valence-corrected chi connectivity index (χ3v) is 3.28. The molecule has 0 atom stereocenters. The monoisotopic (exact) mass is 160 g/mol. The molecule has 55 valence electrons. The highest BCUT2D eigenvalue weighted by Gasteiger charge is 2.03. The van der Waals surface area contributed by atoms with E-state index in [-0.39, 0.29) is 0 Å². The van der Waals surface area contributed by atoms with Gasteiger partial charge >= 0.3 is 0 Å². The molecule has 0 N–H and O–H groups in total. The summed E-state index contributed by atoms with van der Waals surface area (Å²) in [6, 6.07) is 4.00. The second-order valence-electron chi connectivity index (χ2n) is 2.11. The highest BCUT2D eigenvalue weighted by molar-refractivity contribution is 6.81. The van der Waals surface area contributed by atoms with Crippen molar-refractivity contribution in [1.82, 2.24) is 4.98 Å². The van der Waals surface area contributed by atoms with Gasteiger partial charge in [0.15, 0.2) is 0 Å². The molecule has 0 aromatic carbocycles. The van der Waals surface area contributed by atoms with E-state index in [1.807, 2.05) is 23.7 Å². The molecule has 1 radical (unpaired) electrons. The summed E-state index contributed by atoms with van der Waals surface area (Å²) in [5.41, 5.74) is 3.91. The molecule has 0 aliphatic rings. The van der Waals surface area contributed by atoms with E-state index in [0.29, 0.717) is 0 Å². The summed E-state index contributed by atoms with van der Waals surface area (Å²) in [5, 5.41) is 1.24. The minimum Gasteiger partial charge on any atom is -0.265 e. The Morgan fingerprint density at radius 3 is 2.55 bits per heavy atom. The molecule has 0 unspecified atom stereocenters. The van der Waals surface area contributed by atoms with Gasteiger partial charge in [0.2, 0.25) is 0 Å². The van der Waals surface area contributed by atoms with E-state index in [2.05, 4.69) is 24.2 Å². The third-order valence-electron chi connectivity index (χ3n) is 1.43. The van der Waals surface area contributed by atoms with Crippen LogP contribution in [0.15, 0.2) is 49.1 Å². The average Bonchev–Trinajstić information content (AvgIpc) is 2.09. The fraction of sp³-hybridized carbons (Fsp3) is 0. The first-order chi connectivity index (χ1) is 5.38. The average molecular weight is 160 g/mol. The van der Waals surface area contributed by atoms with Crippen LogP contribution in [0, 0.1) is 0 Å². The number of hydrogen-bond acceptors (Lipinski definition) is 1. The predicted octanol–water partition coefficient (Wildman–Crippen LogP) is 1.23. The molecule has 1 rings (SSSR count). The van der Waals surface area contributed by atoms with E-state index < -0.39 is 8.80 Å². The minimum absolute atomic E-state index is 0.736. The van der Waals surface area contributed by atoms with Crippen molar-refractivity contribution >= 4 is 14.0 Å². The molecule has 1 heterocycles. The first kappa shape index (κ1) is 7.95. The number of pyridine rings is 1. The third kappa shape index (κ3) is 1.88. The first-order valence-corrected chi connectivity index (χ1v) is 5.06. The fourth-order valence-corrected chi connectivity index (χ4v) is 2.00. The lowest BCUT2D eigenvalue weighted by atomic mass is 10.5. The van der Waals surface area contributed by atoms with Crippen molar-refractivity contribution in [2.75, 3.05) is 0 Å². The summed E-state index contributed by atoms with van der Waals surface area (Å²) < 4.78 is 0. The molecule has 0 aliphatic carbocycles. The van der Waals surface area contributed by atoms with E-state index in [9.17, 15) is 0 Å². The molecule has 2 heteroatoms. The lowest BCUT2D eigenvalue weighted by molar-refractivity contribution is 1.35. The molecule has 11 heavy (non-hydrogen) atoms. The molecule has 0 saturated carbocycles. The van der Waals surface area contributed by atoms with E-state index >= 15 is 0 Å². The molecule has 0 fully saturated rings. The largest absolute Gasteiger partial charge is 0.265 e. The zero-order chi connectivity index (χ0) is 8.10. The lowest BCUT2D eigenvalue weighted by Crippen LogP contribution is -2.25. The van der Waals surface area contributed by atoms with Gasteiger partial charge in [0.05, 0.1) is 0 Å². The van der Waals surface area contributed by atoms with Gasteiger partial charge in [0.1, 0.15) is 8.80 Å². The summed E-state index contributed by atoms with van der Waals surface area (Å²) in [6.45, 7) is 7.51. The van der Waals surface area contributed by atoms with Gasteiger partial charge in [-0.2, -0.15) is 0 Å². The standard InChI is InChI=1S/C9H10NSi/c1-3-11(4-2)9-6-5-7-10-8-9/h3-8H,1-2H2. The number of hydrogen-bond donors (Lipinski definition) is 0. The molecule has 0 amide bonds. The van der Waals surface area contributed by atoms with Crippen LogP contribution in [0.3, 0.4) is 0 Å². The minimum atomic E-state index is -0.736. The number of aromatic nitrogens is 1. The van der Waals surface area contributed by atoms with Crippen molar-refractivity contribution in [3.63, 3.8) is 0 Å². The normalized spacial score (nSPS) is 9.55. The SMILES string of the molecule is C=C[Si](C=C)c1cccnc1. The molecule has 0 aliphatic heterocycles. The van der Waals surface area contributed by atoms with Gasteiger partial charge in [0, 0.05) is 12.4 Å². The molecular formula is C9H10NSi. The number of rotatable bonds is 3. The predicted molar refractivity (Wildman–Crippen MR) is 50.0 cm³/mol. The zero-order valence-corrected chi connectivity index (χ0v) is 7.33. The maximum atomic E-state index is 4.03. The summed E-state index contributed by atoms with van der Waals surface area (Å²) in [4.78, 5) is 4.03. The summed E-state index contributed by atoms with van der Waals surface area (Å²) in [7, 11) is -0.736. The molecule has 1 nitrogen and oxygen atoms in total. The van der Waals surface area contributed by atoms with Crippen LogP contribution >= 0.6 is 0 Å². The van der Waals surface area contributed by atoms with Crippen LogP contribution in [-0.2, 0) is 0 Å². The smallest absolute Gasteiger partial charge is 0.140 e. The van der Waals surface area contributed by atoms with Crippen LogP contribution in [0.5, 0.6) is 0 Å². The fourth-order valence-electron chi connectivity index (χ4n) is 0.853. The van der Waals surface area contributed by atoms with E-state index in [1.54, 1.807) is 6.20 Å². The summed E-state index contributed by atoms with van der Waals surface area (Å²) in [5.74, 6) is 0. The summed E-state index contributed by atoms with van der Waals surface area (Å²) in [6.07, 6.45) is 3.65. The zero-order valence-electron chi connectivity index (χ0n) is 6.33. The quantitative estimate of drug-likeness (QED) is 0.606. The molecule has 1 aromatic rings. The first-order valence-electron chi connectivity index (χ1n) is 3.40. The summed E-state index contributed by atoms with van der Waals surface area (Å²) >= 11 is 0. The Balaban J connectivity index is 2.90. The Bertz CT molecular complexity index is 235. The Morgan fingerprint density at radius 2 is 2.09 bits per heavy atom. The highest BCUT2D eigenvalue weighted by atomic mass is 28.3. The van der Waals surface area contributed by atoms with Gasteiger partial charge in [-0.1, -0.05) is 17.5 Å². The van der Waals surface area contributed by atoms with Crippen molar-refractivity contribution in [3.8, 4) is 0 Å². The highest BCUT2D eigenvalue weighted by Crippen LogP contribution is 1.87. The van der Waals surface area contributed by atoms with Crippen LogP contribution in [0.1, 0.15) is 0 Å². The van der Waals surface area contributed by atoms with Crippen LogP contribution in [0.2, 0.25) is 0 Å². The van der Waals surface area contributed by atoms with Crippen molar-refractivity contribution in [2.45, 2.75) is 0 Å². The van der Waals surface area contributed by atoms with Crippen molar-refractivity contribution in [1.29, 1.82) is 0 Å². The lowest BCUT2D eigenvalue weighted by Gasteiger charge is -2.01. The van der Waals surface area contributed by atoms with Gasteiger partial charge in [0.25, 0.3) is 0 Å². The van der Waals surface area contributed by atoms with Crippen LogP contribution < -0.4 is 5.19 Å². The van der Waals surface area contributed by atoms with E-state index in [1.165, 1.54) is 5.19 Å². The van der Waals surface area contributed by atoms with Gasteiger partial charge < -0.3 is 0 Å². The molecule has 1 aromatic heterocycles. The van der Waals surface area contributed by atoms with Crippen LogP contribution in [-0.4, -0.2) is 13.8 Å². The Labute approximate surface area is 68.7 Å². The van der Waals surface area contributed by atoms with Crippen molar-refractivity contribution in [3.05, 3.63) is 49.1 Å². The van der Waals surface area contributed by atoms with Crippen molar-refractivity contribution < 1.29 is 0 Å².